The second kappa shape index (κ2) is 6.39. The first-order valence-electron chi connectivity index (χ1n) is 6.82. The van der Waals surface area contributed by atoms with Gasteiger partial charge in [0, 0.05) is 11.9 Å². The Kier molecular flexibility index (Phi) is 4.58. The first-order chi connectivity index (χ1) is 9.63. The van der Waals surface area contributed by atoms with Crippen LogP contribution in [-0.2, 0) is 0 Å². The Bertz CT molecular complexity index is 610. The fourth-order valence-electron chi connectivity index (χ4n) is 2.19. The minimum atomic E-state index is -0.253. The first-order valence-corrected chi connectivity index (χ1v) is 6.82. The number of hydrogen-bond acceptors (Lipinski definition) is 3. The molecule has 0 aliphatic heterocycles. The van der Waals surface area contributed by atoms with E-state index in [2.05, 4.69) is 5.32 Å². The van der Waals surface area contributed by atoms with Crippen LogP contribution in [-0.4, -0.2) is 24.1 Å². The van der Waals surface area contributed by atoms with Crippen molar-refractivity contribution in [3.63, 3.8) is 0 Å². The number of benzene rings is 2. The summed E-state index contributed by atoms with van der Waals surface area (Å²) >= 11 is 0. The zero-order chi connectivity index (χ0) is 14.5. The van der Waals surface area contributed by atoms with E-state index in [1.165, 1.54) is 0 Å². The summed E-state index contributed by atoms with van der Waals surface area (Å²) in [6.45, 7) is 3.20. The van der Waals surface area contributed by atoms with Crippen LogP contribution in [0.25, 0.3) is 10.8 Å². The van der Waals surface area contributed by atoms with E-state index in [0.717, 1.165) is 11.8 Å². The molecular formula is C16H20N2O2. The molecule has 106 valence electrons. The average Bonchev–Trinajstić information content (AvgIpc) is 2.46. The zero-order valence-corrected chi connectivity index (χ0v) is 11.6. The molecule has 1 unspecified atom stereocenters. The molecule has 0 aromatic heterocycles. The second-order valence-electron chi connectivity index (χ2n) is 5.08. The lowest BCUT2D eigenvalue weighted by Gasteiger charge is -2.12. The number of carbonyl (C=O) groups is 1. The maximum absolute atomic E-state index is 12.1. The van der Waals surface area contributed by atoms with Crippen LogP contribution in [0.15, 0.2) is 36.4 Å². The Morgan fingerprint density at radius 1 is 1.30 bits per heavy atom. The predicted octanol–water partition coefficient (Wildman–Crippen LogP) is 2.26. The van der Waals surface area contributed by atoms with Gasteiger partial charge in [0.05, 0.1) is 5.56 Å². The van der Waals surface area contributed by atoms with Crippen molar-refractivity contribution in [1.82, 2.24) is 5.32 Å². The highest BCUT2D eigenvalue weighted by Gasteiger charge is 2.14. The standard InChI is InChI=1S/C16H20N2O2/c1-11(8-9-17)10-18-16(20)14-7-6-12-4-2-3-5-13(12)15(14)19/h2-7,11,19H,8-10,17H2,1H3,(H,18,20). The van der Waals surface area contributed by atoms with Gasteiger partial charge < -0.3 is 16.2 Å². The molecule has 0 saturated carbocycles. The molecule has 0 fully saturated rings. The summed E-state index contributed by atoms with van der Waals surface area (Å²) in [6.07, 6.45) is 0.865. The number of aromatic hydroxyl groups is 1. The monoisotopic (exact) mass is 272 g/mol. The summed E-state index contributed by atoms with van der Waals surface area (Å²) in [6, 6.07) is 10.9. The Morgan fingerprint density at radius 3 is 2.80 bits per heavy atom. The topological polar surface area (TPSA) is 75.3 Å². The molecule has 0 aliphatic rings. The van der Waals surface area contributed by atoms with E-state index in [1.54, 1.807) is 12.1 Å². The van der Waals surface area contributed by atoms with Gasteiger partial charge in [-0.2, -0.15) is 0 Å². The van der Waals surface area contributed by atoms with Crippen LogP contribution in [0.3, 0.4) is 0 Å². The van der Waals surface area contributed by atoms with E-state index >= 15 is 0 Å². The molecule has 2 rings (SSSR count). The van der Waals surface area contributed by atoms with Gasteiger partial charge in [0.2, 0.25) is 0 Å². The molecule has 4 N–H and O–H groups in total. The van der Waals surface area contributed by atoms with Crippen molar-refractivity contribution in [3.8, 4) is 5.75 Å². The van der Waals surface area contributed by atoms with Crippen LogP contribution >= 0.6 is 0 Å². The summed E-state index contributed by atoms with van der Waals surface area (Å²) in [5.74, 6) is 0.107. The summed E-state index contributed by atoms with van der Waals surface area (Å²) in [5, 5.41) is 14.6. The third-order valence-corrected chi connectivity index (χ3v) is 3.42. The molecule has 0 bridgehead atoms. The smallest absolute Gasteiger partial charge is 0.255 e. The van der Waals surface area contributed by atoms with Gasteiger partial charge in [-0.25, -0.2) is 0 Å². The molecule has 20 heavy (non-hydrogen) atoms. The van der Waals surface area contributed by atoms with Crippen LogP contribution in [0.1, 0.15) is 23.7 Å². The van der Waals surface area contributed by atoms with Crippen LogP contribution in [0, 0.1) is 5.92 Å². The van der Waals surface area contributed by atoms with E-state index in [4.69, 9.17) is 5.73 Å². The molecule has 1 amide bonds. The van der Waals surface area contributed by atoms with Gasteiger partial charge in [-0.1, -0.05) is 37.3 Å². The highest BCUT2D eigenvalue weighted by Crippen LogP contribution is 2.28. The Hall–Kier alpha value is -2.07. The molecule has 0 spiro atoms. The molecule has 2 aromatic carbocycles. The second-order valence-corrected chi connectivity index (χ2v) is 5.08. The van der Waals surface area contributed by atoms with Crippen molar-refractivity contribution in [2.75, 3.05) is 13.1 Å². The maximum Gasteiger partial charge on any atom is 0.255 e. The summed E-state index contributed by atoms with van der Waals surface area (Å²) in [5.41, 5.74) is 5.79. The van der Waals surface area contributed by atoms with Crippen LogP contribution < -0.4 is 11.1 Å². The molecule has 0 aliphatic carbocycles. The number of fused-ring (bicyclic) bond motifs is 1. The van der Waals surface area contributed by atoms with Gasteiger partial charge in [-0.05, 0) is 30.3 Å². The molecule has 2 aromatic rings. The van der Waals surface area contributed by atoms with E-state index in [9.17, 15) is 9.90 Å². The van der Waals surface area contributed by atoms with E-state index in [-0.39, 0.29) is 11.7 Å². The molecule has 0 heterocycles. The number of rotatable bonds is 5. The highest BCUT2D eigenvalue weighted by molar-refractivity contribution is 6.03. The van der Waals surface area contributed by atoms with Crippen LogP contribution in [0.5, 0.6) is 5.75 Å². The van der Waals surface area contributed by atoms with Gasteiger partial charge in [0.25, 0.3) is 5.91 Å². The van der Waals surface area contributed by atoms with E-state index in [1.807, 2.05) is 31.2 Å². The molecule has 4 nitrogen and oxygen atoms in total. The number of phenolic OH excluding ortho intramolecular Hbond substituents is 1. The minimum absolute atomic E-state index is 0.0343. The van der Waals surface area contributed by atoms with Gasteiger partial charge in [-0.15, -0.1) is 0 Å². The number of hydrogen-bond donors (Lipinski definition) is 3. The number of nitrogens with two attached hydrogens (primary N) is 1. The molecule has 4 heteroatoms. The third-order valence-electron chi connectivity index (χ3n) is 3.42. The lowest BCUT2D eigenvalue weighted by Crippen LogP contribution is -2.29. The van der Waals surface area contributed by atoms with E-state index in [0.29, 0.717) is 30.0 Å². The Morgan fingerprint density at radius 2 is 2.05 bits per heavy atom. The van der Waals surface area contributed by atoms with Crippen molar-refractivity contribution < 1.29 is 9.90 Å². The van der Waals surface area contributed by atoms with Gasteiger partial charge in [0.15, 0.2) is 0 Å². The largest absolute Gasteiger partial charge is 0.506 e. The molecule has 0 saturated heterocycles. The van der Waals surface area contributed by atoms with Gasteiger partial charge in [-0.3, -0.25) is 4.79 Å². The van der Waals surface area contributed by atoms with Gasteiger partial charge >= 0.3 is 0 Å². The molecule has 1 atom stereocenters. The predicted molar refractivity (Wildman–Crippen MR) is 80.8 cm³/mol. The maximum atomic E-state index is 12.1. The number of nitrogens with one attached hydrogen (secondary N) is 1. The van der Waals surface area contributed by atoms with Crippen molar-refractivity contribution in [3.05, 3.63) is 42.0 Å². The van der Waals surface area contributed by atoms with Gasteiger partial charge in [0.1, 0.15) is 5.75 Å². The Balaban J connectivity index is 2.16. The first kappa shape index (κ1) is 14.3. The lowest BCUT2D eigenvalue weighted by atomic mass is 10.0. The number of carbonyl (C=O) groups excluding carboxylic acids is 1. The number of amides is 1. The summed E-state index contributed by atoms with van der Waals surface area (Å²) in [4.78, 5) is 12.1. The normalized spacial score (nSPS) is 12.3. The molecular weight excluding hydrogens is 252 g/mol. The highest BCUT2D eigenvalue weighted by atomic mass is 16.3. The van der Waals surface area contributed by atoms with Crippen molar-refractivity contribution >= 4 is 16.7 Å². The van der Waals surface area contributed by atoms with Crippen molar-refractivity contribution in [2.45, 2.75) is 13.3 Å². The summed E-state index contributed by atoms with van der Waals surface area (Å²) in [7, 11) is 0. The number of phenols is 1. The van der Waals surface area contributed by atoms with Crippen molar-refractivity contribution in [1.29, 1.82) is 0 Å². The van der Waals surface area contributed by atoms with Crippen LogP contribution in [0.2, 0.25) is 0 Å². The average molecular weight is 272 g/mol. The minimum Gasteiger partial charge on any atom is -0.506 e. The van der Waals surface area contributed by atoms with E-state index < -0.39 is 0 Å². The third kappa shape index (κ3) is 3.08. The lowest BCUT2D eigenvalue weighted by molar-refractivity contribution is 0.0945. The molecule has 0 radical (unpaired) electrons. The summed E-state index contributed by atoms with van der Waals surface area (Å²) < 4.78 is 0. The van der Waals surface area contributed by atoms with Crippen molar-refractivity contribution in [2.24, 2.45) is 11.7 Å². The fraction of sp³-hybridized carbons (Fsp3) is 0.312. The quantitative estimate of drug-likeness (QED) is 0.781. The SMILES string of the molecule is CC(CCN)CNC(=O)c1ccc2ccccc2c1O. The zero-order valence-electron chi connectivity index (χ0n) is 11.6. The Labute approximate surface area is 118 Å². The van der Waals surface area contributed by atoms with Crippen LogP contribution in [0.4, 0.5) is 0 Å². The fourth-order valence-corrected chi connectivity index (χ4v) is 2.19.